The maximum Gasteiger partial charge on any atom is 0.411 e. The van der Waals surface area contributed by atoms with E-state index in [9.17, 15) is 4.79 Å². The predicted molar refractivity (Wildman–Crippen MR) is 119 cm³/mol. The molecule has 3 rings (SSSR count). The van der Waals surface area contributed by atoms with Crippen LogP contribution in [0.2, 0.25) is 0 Å². The van der Waals surface area contributed by atoms with Gasteiger partial charge in [-0.05, 0) is 36.6 Å². The van der Waals surface area contributed by atoms with Crippen LogP contribution in [0.25, 0.3) is 21.8 Å². The number of anilines is 1. The molecule has 0 saturated heterocycles. The summed E-state index contributed by atoms with van der Waals surface area (Å²) in [6.07, 6.45) is 7.59. The second kappa shape index (κ2) is 10.7. The van der Waals surface area contributed by atoms with E-state index in [1.165, 1.54) is 6.42 Å². The molecule has 0 saturated carbocycles. The van der Waals surface area contributed by atoms with Crippen LogP contribution in [0.3, 0.4) is 0 Å². The van der Waals surface area contributed by atoms with Gasteiger partial charge in [0.15, 0.2) is 0 Å². The SMILES string of the molecule is CCCCC(CC)COC(=O)Nc1cccc(-c2csc(-c3cccnc3)n2)c1. The van der Waals surface area contributed by atoms with Crippen LogP contribution in [0.5, 0.6) is 0 Å². The van der Waals surface area contributed by atoms with Gasteiger partial charge in [0.05, 0.1) is 12.3 Å². The highest BCUT2D eigenvalue weighted by Crippen LogP contribution is 2.29. The summed E-state index contributed by atoms with van der Waals surface area (Å²) in [5.41, 5.74) is 3.51. The number of nitrogens with one attached hydrogen (secondary N) is 1. The highest BCUT2D eigenvalue weighted by atomic mass is 32.1. The molecule has 29 heavy (non-hydrogen) atoms. The van der Waals surface area contributed by atoms with Crippen molar-refractivity contribution in [2.45, 2.75) is 39.5 Å². The minimum Gasteiger partial charge on any atom is -0.449 e. The number of hydrogen-bond acceptors (Lipinski definition) is 5. The third-order valence-corrected chi connectivity index (χ3v) is 5.70. The van der Waals surface area contributed by atoms with Gasteiger partial charge in [-0.1, -0.05) is 45.2 Å². The number of hydrogen-bond donors (Lipinski definition) is 1. The number of pyridine rings is 1. The molecule has 0 radical (unpaired) electrons. The Kier molecular flexibility index (Phi) is 7.76. The van der Waals surface area contributed by atoms with E-state index in [-0.39, 0.29) is 0 Å². The molecule has 2 aromatic heterocycles. The largest absolute Gasteiger partial charge is 0.449 e. The summed E-state index contributed by atoms with van der Waals surface area (Å²) in [4.78, 5) is 21.0. The summed E-state index contributed by atoms with van der Waals surface area (Å²) in [5, 5.41) is 5.76. The summed E-state index contributed by atoms with van der Waals surface area (Å²) < 4.78 is 5.43. The zero-order chi connectivity index (χ0) is 20.5. The average Bonchev–Trinajstić information content (AvgIpc) is 3.25. The molecule has 1 N–H and O–H groups in total. The number of nitrogens with zero attached hydrogens (tertiary/aromatic N) is 2. The standard InChI is InChI=1S/C23H27N3O2S/c1-3-5-8-17(4-2)15-28-23(27)25-20-11-6-9-18(13-20)21-16-29-22(26-21)19-10-7-12-24-14-19/h6-7,9-14,16-17H,3-5,8,15H2,1-2H3,(H,25,27). The topological polar surface area (TPSA) is 64.1 Å². The van der Waals surface area contributed by atoms with Crippen LogP contribution in [0.1, 0.15) is 39.5 Å². The fraction of sp³-hybridized carbons (Fsp3) is 0.348. The van der Waals surface area contributed by atoms with E-state index < -0.39 is 6.09 Å². The van der Waals surface area contributed by atoms with Crippen LogP contribution >= 0.6 is 11.3 Å². The minimum absolute atomic E-state index is 0.411. The van der Waals surface area contributed by atoms with E-state index in [1.54, 1.807) is 23.7 Å². The van der Waals surface area contributed by atoms with Crippen molar-refractivity contribution in [2.24, 2.45) is 5.92 Å². The van der Waals surface area contributed by atoms with Gasteiger partial charge in [-0.25, -0.2) is 9.78 Å². The summed E-state index contributed by atoms with van der Waals surface area (Å²) in [6, 6.07) is 11.6. The summed E-state index contributed by atoms with van der Waals surface area (Å²) in [6.45, 7) is 4.77. The van der Waals surface area contributed by atoms with Crippen molar-refractivity contribution in [3.05, 3.63) is 54.2 Å². The Labute approximate surface area is 176 Å². The first-order valence-electron chi connectivity index (χ1n) is 10.1. The lowest BCUT2D eigenvalue weighted by atomic mass is 10.0. The van der Waals surface area contributed by atoms with Crippen LogP contribution in [0.4, 0.5) is 10.5 Å². The van der Waals surface area contributed by atoms with Gasteiger partial charge < -0.3 is 4.74 Å². The summed E-state index contributed by atoms with van der Waals surface area (Å²) in [7, 11) is 0. The van der Waals surface area contributed by atoms with E-state index in [4.69, 9.17) is 9.72 Å². The molecule has 2 heterocycles. The van der Waals surface area contributed by atoms with Gasteiger partial charge in [-0.2, -0.15) is 0 Å². The van der Waals surface area contributed by atoms with E-state index in [0.717, 1.165) is 41.1 Å². The number of rotatable bonds is 9. The molecule has 0 spiro atoms. The zero-order valence-corrected chi connectivity index (χ0v) is 17.7. The first-order chi connectivity index (χ1) is 14.2. The number of thiazole rings is 1. The number of amides is 1. The normalized spacial score (nSPS) is 11.8. The lowest BCUT2D eigenvalue weighted by Crippen LogP contribution is -2.18. The number of carbonyl (C=O) groups is 1. The molecular formula is C23H27N3O2S. The zero-order valence-electron chi connectivity index (χ0n) is 16.9. The van der Waals surface area contributed by atoms with E-state index >= 15 is 0 Å². The molecule has 3 aromatic rings. The van der Waals surface area contributed by atoms with Crippen LogP contribution in [-0.4, -0.2) is 22.7 Å². The molecule has 1 unspecified atom stereocenters. The van der Waals surface area contributed by atoms with Crippen LogP contribution < -0.4 is 5.32 Å². The first kappa shape index (κ1) is 21.0. The second-order valence-electron chi connectivity index (χ2n) is 7.00. The fourth-order valence-corrected chi connectivity index (χ4v) is 3.85. The molecule has 152 valence electrons. The number of benzene rings is 1. The van der Waals surface area contributed by atoms with Crippen molar-refractivity contribution in [1.29, 1.82) is 0 Å². The van der Waals surface area contributed by atoms with E-state index in [2.05, 4.69) is 24.1 Å². The first-order valence-corrected chi connectivity index (χ1v) is 11.0. The summed E-state index contributed by atoms with van der Waals surface area (Å²) in [5.74, 6) is 0.424. The minimum atomic E-state index is -0.411. The quantitative estimate of drug-likeness (QED) is 0.430. The van der Waals surface area contributed by atoms with Gasteiger partial charge in [0.1, 0.15) is 5.01 Å². The molecule has 0 fully saturated rings. The predicted octanol–water partition coefficient (Wildman–Crippen LogP) is 6.64. The molecular weight excluding hydrogens is 382 g/mol. The molecule has 0 aliphatic carbocycles. The van der Waals surface area contributed by atoms with Crippen LogP contribution in [0.15, 0.2) is 54.2 Å². The van der Waals surface area contributed by atoms with Gasteiger partial charge in [0.2, 0.25) is 0 Å². The Morgan fingerprint density at radius 1 is 1.21 bits per heavy atom. The van der Waals surface area contributed by atoms with E-state index in [1.807, 2.05) is 41.8 Å². The third-order valence-electron chi connectivity index (χ3n) is 4.81. The Bertz CT molecular complexity index is 911. The average molecular weight is 410 g/mol. The molecule has 1 atom stereocenters. The van der Waals surface area contributed by atoms with Gasteiger partial charge >= 0.3 is 6.09 Å². The van der Waals surface area contributed by atoms with Gasteiger partial charge in [0, 0.05) is 34.6 Å². The number of carbonyl (C=O) groups excluding carboxylic acids is 1. The fourth-order valence-electron chi connectivity index (χ4n) is 3.03. The molecule has 0 aliphatic heterocycles. The van der Waals surface area contributed by atoms with Crippen molar-refractivity contribution >= 4 is 23.1 Å². The molecule has 0 bridgehead atoms. The van der Waals surface area contributed by atoms with Crippen molar-refractivity contribution in [3.63, 3.8) is 0 Å². The Hall–Kier alpha value is -2.73. The van der Waals surface area contributed by atoms with E-state index in [0.29, 0.717) is 18.2 Å². The molecule has 6 heteroatoms. The second-order valence-corrected chi connectivity index (χ2v) is 7.86. The van der Waals surface area contributed by atoms with Crippen molar-refractivity contribution < 1.29 is 9.53 Å². The van der Waals surface area contributed by atoms with Crippen molar-refractivity contribution in [1.82, 2.24) is 9.97 Å². The third kappa shape index (κ3) is 6.12. The monoisotopic (exact) mass is 409 g/mol. The molecule has 1 amide bonds. The molecule has 5 nitrogen and oxygen atoms in total. The Balaban J connectivity index is 1.61. The van der Waals surface area contributed by atoms with Crippen molar-refractivity contribution in [3.8, 4) is 21.8 Å². The smallest absolute Gasteiger partial charge is 0.411 e. The van der Waals surface area contributed by atoms with Gasteiger partial charge in [0.25, 0.3) is 0 Å². The maximum absolute atomic E-state index is 12.2. The number of ether oxygens (including phenoxy) is 1. The summed E-state index contributed by atoms with van der Waals surface area (Å²) >= 11 is 1.57. The maximum atomic E-state index is 12.2. The van der Waals surface area contributed by atoms with Crippen LogP contribution in [-0.2, 0) is 4.74 Å². The Morgan fingerprint density at radius 3 is 2.83 bits per heavy atom. The van der Waals surface area contributed by atoms with Gasteiger partial charge in [-0.15, -0.1) is 11.3 Å². The molecule has 0 aliphatic rings. The number of aromatic nitrogens is 2. The highest BCUT2D eigenvalue weighted by molar-refractivity contribution is 7.13. The highest BCUT2D eigenvalue weighted by Gasteiger charge is 2.11. The lowest BCUT2D eigenvalue weighted by molar-refractivity contribution is 0.136. The molecule has 1 aromatic carbocycles. The van der Waals surface area contributed by atoms with Gasteiger partial charge in [-0.3, -0.25) is 10.3 Å². The lowest BCUT2D eigenvalue weighted by Gasteiger charge is -2.15. The Morgan fingerprint density at radius 2 is 2.07 bits per heavy atom. The van der Waals surface area contributed by atoms with Crippen molar-refractivity contribution in [2.75, 3.05) is 11.9 Å². The van der Waals surface area contributed by atoms with Crippen LogP contribution in [0, 0.1) is 5.92 Å². The number of unbranched alkanes of at least 4 members (excludes halogenated alkanes) is 1.